The molecule has 1 aromatic heterocycles. The van der Waals surface area contributed by atoms with Gasteiger partial charge in [0.25, 0.3) is 0 Å². The Morgan fingerprint density at radius 2 is 2.20 bits per heavy atom. The number of amides is 2. The number of hydrogen-bond acceptors (Lipinski definition) is 3. The van der Waals surface area contributed by atoms with E-state index in [-0.39, 0.29) is 11.6 Å². The monoisotopic (exact) mass is 274 g/mol. The van der Waals surface area contributed by atoms with Crippen LogP contribution in [0.15, 0.2) is 30.6 Å². The van der Waals surface area contributed by atoms with Crippen LogP contribution in [-0.2, 0) is 6.54 Å². The maximum atomic E-state index is 11.7. The molecule has 104 valence electrons. The van der Waals surface area contributed by atoms with Crippen LogP contribution < -0.4 is 10.6 Å². The Morgan fingerprint density at radius 3 is 2.80 bits per heavy atom. The maximum absolute atomic E-state index is 11.7. The van der Waals surface area contributed by atoms with E-state index in [1.165, 1.54) is 12.1 Å². The Kier molecular flexibility index (Phi) is 3.99. The van der Waals surface area contributed by atoms with Crippen LogP contribution in [0.5, 0.6) is 0 Å². The largest absolute Gasteiger partial charge is 0.478 e. The average molecular weight is 274 g/mol. The number of aromatic carboxylic acids is 1. The molecule has 2 amide bonds. The summed E-state index contributed by atoms with van der Waals surface area (Å²) >= 11 is 0. The topological polar surface area (TPSA) is 107 Å². The molecule has 0 saturated carbocycles. The molecule has 2 rings (SSSR count). The number of H-pyrrole nitrogens is 1. The van der Waals surface area contributed by atoms with E-state index in [1.54, 1.807) is 25.4 Å². The number of urea groups is 1. The minimum absolute atomic E-state index is 0.187. The molecule has 0 spiro atoms. The third kappa shape index (κ3) is 3.35. The van der Waals surface area contributed by atoms with Gasteiger partial charge in [0.1, 0.15) is 0 Å². The van der Waals surface area contributed by atoms with Crippen molar-refractivity contribution in [2.24, 2.45) is 0 Å². The lowest BCUT2D eigenvalue weighted by Crippen LogP contribution is -2.28. The third-order valence-corrected chi connectivity index (χ3v) is 2.73. The molecule has 7 heteroatoms. The van der Waals surface area contributed by atoms with Gasteiger partial charge in [0.05, 0.1) is 11.8 Å². The highest BCUT2D eigenvalue weighted by Crippen LogP contribution is 2.16. The fourth-order valence-electron chi connectivity index (χ4n) is 1.66. The number of nitrogens with one attached hydrogen (secondary N) is 3. The van der Waals surface area contributed by atoms with E-state index in [4.69, 9.17) is 5.11 Å². The zero-order valence-corrected chi connectivity index (χ0v) is 10.8. The number of aromatic amines is 1. The number of carbonyl (C=O) groups excluding carboxylic acids is 1. The molecule has 0 atom stereocenters. The molecule has 20 heavy (non-hydrogen) atoms. The second-order valence-corrected chi connectivity index (χ2v) is 4.25. The lowest BCUT2D eigenvalue weighted by molar-refractivity contribution is 0.0697. The van der Waals surface area contributed by atoms with Gasteiger partial charge in [-0.2, -0.15) is 5.10 Å². The van der Waals surface area contributed by atoms with Crippen LogP contribution in [0.3, 0.4) is 0 Å². The van der Waals surface area contributed by atoms with Crippen molar-refractivity contribution in [2.45, 2.75) is 13.5 Å². The summed E-state index contributed by atoms with van der Waals surface area (Å²) in [4.78, 5) is 22.5. The summed E-state index contributed by atoms with van der Waals surface area (Å²) in [5, 5.41) is 20.6. The molecule has 7 nitrogen and oxygen atoms in total. The number of anilines is 1. The number of carboxylic acids is 1. The molecule has 0 unspecified atom stereocenters. The normalized spacial score (nSPS) is 10.1. The smallest absolute Gasteiger partial charge is 0.335 e. The Bertz CT molecular complexity index is 623. The van der Waals surface area contributed by atoms with Crippen molar-refractivity contribution < 1.29 is 14.7 Å². The Hall–Kier alpha value is -2.83. The molecular weight excluding hydrogens is 260 g/mol. The van der Waals surface area contributed by atoms with Crippen molar-refractivity contribution in [3.63, 3.8) is 0 Å². The summed E-state index contributed by atoms with van der Waals surface area (Å²) in [5.41, 5.74) is 2.30. The first-order chi connectivity index (χ1) is 9.56. The predicted molar refractivity (Wildman–Crippen MR) is 72.6 cm³/mol. The van der Waals surface area contributed by atoms with Crippen LogP contribution in [0.1, 0.15) is 21.5 Å². The molecule has 0 aliphatic rings. The van der Waals surface area contributed by atoms with Crippen LogP contribution in [0.2, 0.25) is 0 Å². The Morgan fingerprint density at radius 1 is 1.40 bits per heavy atom. The van der Waals surface area contributed by atoms with E-state index in [0.29, 0.717) is 17.8 Å². The molecule has 0 radical (unpaired) electrons. The van der Waals surface area contributed by atoms with Gasteiger partial charge in [-0.25, -0.2) is 9.59 Å². The number of benzene rings is 1. The molecule has 0 fully saturated rings. The fraction of sp³-hybridized carbons (Fsp3) is 0.154. The molecule has 0 saturated heterocycles. The fourth-order valence-corrected chi connectivity index (χ4v) is 1.66. The predicted octanol–water partition coefficient (Wildman–Crippen LogP) is 1.74. The highest BCUT2D eigenvalue weighted by Gasteiger charge is 2.08. The number of aromatic nitrogens is 2. The first-order valence-electron chi connectivity index (χ1n) is 5.92. The van der Waals surface area contributed by atoms with Crippen LogP contribution in [0, 0.1) is 6.92 Å². The van der Waals surface area contributed by atoms with E-state index < -0.39 is 5.97 Å². The van der Waals surface area contributed by atoms with Gasteiger partial charge in [-0.3, -0.25) is 5.10 Å². The molecule has 2 aromatic rings. The number of carboxylic acid groups (broad SMARTS) is 1. The lowest BCUT2D eigenvalue weighted by Gasteiger charge is -2.10. The van der Waals surface area contributed by atoms with Gasteiger partial charge >= 0.3 is 12.0 Å². The van der Waals surface area contributed by atoms with Crippen molar-refractivity contribution in [3.05, 3.63) is 47.3 Å². The first-order valence-corrected chi connectivity index (χ1v) is 5.92. The molecular formula is C13H14N4O3. The minimum Gasteiger partial charge on any atom is -0.478 e. The van der Waals surface area contributed by atoms with E-state index in [9.17, 15) is 9.59 Å². The number of hydrogen-bond donors (Lipinski definition) is 4. The quantitative estimate of drug-likeness (QED) is 0.681. The number of rotatable bonds is 4. The van der Waals surface area contributed by atoms with Gasteiger partial charge in [0.15, 0.2) is 0 Å². The van der Waals surface area contributed by atoms with Crippen LogP contribution in [-0.4, -0.2) is 27.3 Å². The van der Waals surface area contributed by atoms with Gasteiger partial charge in [-0.05, 0) is 30.7 Å². The van der Waals surface area contributed by atoms with E-state index in [2.05, 4.69) is 20.8 Å². The minimum atomic E-state index is -0.996. The van der Waals surface area contributed by atoms with Gasteiger partial charge < -0.3 is 15.7 Å². The van der Waals surface area contributed by atoms with E-state index in [1.807, 2.05) is 0 Å². The maximum Gasteiger partial charge on any atom is 0.335 e. The second-order valence-electron chi connectivity index (χ2n) is 4.25. The van der Waals surface area contributed by atoms with Gasteiger partial charge in [-0.15, -0.1) is 0 Å². The zero-order valence-electron chi connectivity index (χ0n) is 10.8. The number of nitrogens with zero attached hydrogens (tertiary/aromatic N) is 1. The molecule has 0 aliphatic carbocycles. The second kappa shape index (κ2) is 5.87. The van der Waals surface area contributed by atoms with Crippen molar-refractivity contribution in [1.29, 1.82) is 0 Å². The first kappa shape index (κ1) is 13.6. The summed E-state index contributed by atoms with van der Waals surface area (Å²) in [6, 6.07) is 4.16. The number of carbonyl (C=O) groups is 2. The van der Waals surface area contributed by atoms with Gasteiger partial charge in [-0.1, -0.05) is 0 Å². The zero-order chi connectivity index (χ0) is 14.5. The Labute approximate surface area is 115 Å². The number of aryl methyl sites for hydroxylation is 1. The van der Waals surface area contributed by atoms with E-state index >= 15 is 0 Å². The summed E-state index contributed by atoms with van der Waals surface area (Å²) in [6.45, 7) is 2.09. The third-order valence-electron chi connectivity index (χ3n) is 2.73. The van der Waals surface area contributed by atoms with Crippen molar-refractivity contribution in [2.75, 3.05) is 5.32 Å². The molecule has 4 N–H and O–H groups in total. The van der Waals surface area contributed by atoms with Gasteiger partial charge in [0, 0.05) is 24.0 Å². The highest BCUT2D eigenvalue weighted by atomic mass is 16.4. The van der Waals surface area contributed by atoms with Crippen LogP contribution >= 0.6 is 0 Å². The SMILES string of the molecule is Cc1cc(C(=O)O)ccc1NC(=O)NCc1cn[nH]c1. The van der Waals surface area contributed by atoms with Crippen molar-refractivity contribution >= 4 is 17.7 Å². The van der Waals surface area contributed by atoms with Crippen molar-refractivity contribution in [1.82, 2.24) is 15.5 Å². The van der Waals surface area contributed by atoms with Crippen LogP contribution in [0.4, 0.5) is 10.5 Å². The van der Waals surface area contributed by atoms with Crippen LogP contribution in [0.25, 0.3) is 0 Å². The molecule has 0 aliphatic heterocycles. The Balaban J connectivity index is 1.95. The molecule has 1 heterocycles. The van der Waals surface area contributed by atoms with Gasteiger partial charge in [0.2, 0.25) is 0 Å². The summed E-state index contributed by atoms with van der Waals surface area (Å²) in [5.74, 6) is -0.996. The average Bonchev–Trinajstić information content (AvgIpc) is 2.91. The summed E-state index contributed by atoms with van der Waals surface area (Å²) < 4.78 is 0. The standard InChI is InChI=1S/C13H14N4O3/c1-8-4-10(12(18)19)2-3-11(8)17-13(20)14-5-9-6-15-16-7-9/h2-4,6-7H,5H2,1H3,(H,15,16)(H,18,19)(H2,14,17,20). The van der Waals surface area contributed by atoms with Crippen molar-refractivity contribution in [3.8, 4) is 0 Å². The van der Waals surface area contributed by atoms with E-state index in [0.717, 1.165) is 5.56 Å². The summed E-state index contributed by atoms with van der Waals surface area (Å²) in [6.07, 6.45) is 3.31. The molecule has 1 aromatic carbocycles. The highest BCUT2D eigenvalue weighted by molar-refractivity contribution is 5.92. The molecule has 0 bridgehead atoms. The summed E-state index contributed by atoms with van der Waals surface area (Å²) in [7, 11) is 0. The lowest BCUT2D eigenvalue weighted by atomic mass is 10.1.